The second-order valence-corrected chi connectivity index (χ2v) is 8.69. The van der Waals surface area contributed by atoms with Crippen molar-refractivity contribution in [2.45, 2.75) is 59.8 Å². The Morgan fingerprint density at radius 3 is 2.17 bits per heavy atom. The van der Waals surface area contributed by atoms with E-state index in [1.807, 2.05) is 39.0 Å². The number of carbonyl (C=O) groups is 2. The normalized spacial score (nSPS) is 12.6. The molecule has 0 aliphatic heterocycles. The monoisotopic (exact) mass is 396 g/mol. The molecule has 0 radical (unpaired) electrons. The molecule has 0 N–H and O–H groups in total. The number of hydrogen-bond acceptors (Lipinski definition) is 4. The first kappa shape index (κ1) is 22.7. The van der Waals surface area contributed by atoms with E-state index in [1.165, 1.54) is 0 Å². The lowest BCUT2D eigenvalue weighted by atomic mass is 9.80. The molecule has 0 aliphatic carbocycles. The summed E-state index contributed by atoms with van der Waals surface area (Å²) in [5.74, 6) is -0.833. The van der Waals surface area contributed by atoms with Gasteiger partial charge in [0.15, 0.2) is 0 Å². The molecule has 2 aromatic rings. The maximum atomic E-state index is 12.8. The van der Waals surface area contributed by atoms with Crippen molar-refractivity contribution in [3.05, 3.63) is 64.7 Å². The van der Waals surface area contributed by atoms with Crippen molar-refractivity contribution < 1.29 is 19.1 Å². The van der Waals surface area contributed by atoms with Crippen LogP contribution < -0.4 is 4.74 Å². The van der Waals surface area contributed by atoms with E-state index in [9.17, 15) is 9.59 Å². The van der Waals surface area contributed by atoms with Crippen LogP contribution >= 0.6 is 0 Å². The van der Waals surface area contributed by atoms with Crippen LogP contribution in [0, 0.1) is 12.8 Å². The lowest BCUT2D eigenvalue weighted by molar-refractivity contribution is -0.146. The molecule has 0 spiro atoms. The SMILES string of the molecule is CCOC(=O)C(c1cc(C(C)(C)C)cc(C)c1OC(=O)c1ccccc1)C(C)C. The third kappa shape index (κ3) is 5.47. The molecule has 2 aromatic carbocycles. The van der Waals surface area contributed by atoms with Crippen LogP contribution in [0.25, 0.3) is 0 Å². The van der Waals surface area contributed by atoms with Crippen LogP contribution in [0.4, 0.5) is 0 Å². The average molecular weight is 397 g/mol. The van der Waals surface area contributed by atoms with Gasteiger partial charge in [0.2, 0.25) is 0 Å². The smallest absolute Gasteiger partial charge is 0.343 e. The Kier molecular flexibility index (Phi) is 7.23. The zero-order chi connectivity index (χ0) is 21.8. The number of rotatable bonds is 6. The van der Waals surface area contributed by atoms with Crippen molar-refractivity contribution in [3.63, 3.8) is 0 Å². The second-order valence-electron chi connectivity index (χ2n) is 8.69. The van der Waals surface area contributed by atoms with Gasteiger partial charge < -0.3 is 9.47 Å². The van der Waals surface area contributed by atoms with Crippen LogP contribution in [0.1, 0.15) is 74.5 Å². The molecule has 2 rings (SSSR count). The Hall–Kier alpha value is -2.62. The average Bonchev–Trinajstić information content (AvgIpc) is 2.64. The lowest BCUT2D eigenvalue weighted by Gasteiger charge is -2.27. The fraction of sp³-hybridized carbons (Fsp3) is 0.440. The van der Waals surface area contributed by atoms with Gasteiger partial charge in [0.25, 0.3) is 0 Å². The number of ether oxygens (including phenoxy) is 2. The first-order chi connectivity index (χ1) is 13.6. The van der Waals surface area contributed by atoms with Gasteiger partial charge in [-0.15, -0.1) is 0 Å². The molecule has 0 aromatic heterocycles. The summed E-state index contributed by atoms with van der Waals surface area (Å²) in [6.45, 7) is 14.3. The van der Waals surface area contributed by atoms with E-state index in [1.54, 1.807) is 31.2 Å². The Morgan fingerprint density at radius 2 is 1.66 bits per heavy atom. The van der Waals surface area contributed by atoms with Crippen LogP contribution in [-0.2, 0) is 14.9 Å². The third-order valence-electron chi connectivity index (χ3n) is 4.92. The quantitative estimate of drug-likeness (QED) is 0.456. The molecule has 1 atom stereocenters. The van der Waals surface area contributed by atoms with Gasteiger partial charge in [-0.1, -0.05) is 65.0 Å². The van der Waals surface area contributed by atoms with Crippen LogP contribution in [0.5, 0.6) is 5.75 Å². The summed E-state index contributed by atoms with van der Waals surface area (Å²) >= 11 is 0. The fourth-order valence-electron chi connectivity index (χ4n) is 3.32. The van der Waals surface area contributed by atoms with Gasteiger partial charge in [-0.05, 0) is 48.4 Å². The highest BCUT2D eigenvalue weighted by molar-refractivity contribution is 5.91. The van der Waals surface area contributed by atoms with Crippen molar-refractivity contribution in [3.8, 4) is 5.75 Å². The molecule has 0 heterocycles. The second kappa shape index (κ2) is 9.25. The van der Waals surface area contributed by atoms with Crippen LogP contribution in [0.3, 0.4) is 0 Å². The molecule has 1 unspecified atom stereocenters. The van der Waals surface area contributed by atoms with Crippen molar-refractivity contribution in [2.24, 2.45) is 5.92 Å². The minimum Gasteiger partial charge on any atom is -0.466 e. The summed E-state index contributed by atoms with van der Waals surface area (Å²) < 4.78 is 11.2. The predicted octanol–water partition coefficient (Wildman–Crippen LogP) is 5.81. The highest BCUT2D eigenvalue weighted by Crippen LogP contribution is 2.39. The topological polar surface area (TPSA) is 52.6 Å². The molecule has 4 nitrogen and oxygen atoms in total. The molecular formula is C25H32O4. The van der Waals surface area contributed by atoms with Gasteiger partial charge in [-0.2, -0.15) is 0 Å². The van der Waals surface area contributed by atoms with Crippen LogP contribution in [-0.4, -0.2) is 18.5 Å². The number of carbonyl (C=O) groups excluding carboxylic acids is 2. The van der Waals surface area contributed by atoms with Crippen molar-refractivity contribution in [1.29, 1.82) is 0 Å². The van der Waals surface area contributed by atoms with Gasteiger partial charge in [0.1, 0.15) is 5.75 Å². The van der Waals surface area contributed by atoms with E-state index < -0.39 is 11.9 Å². The molecule has 0 aliphatic rings. The van der Waals surface area contributed by atoms with Gasteiger partial charge >= 0.3 is 11.9 Å². The predicted molar refractivity (Wildman–Crippen MR) is 115 cm³/mol. The molecule has 0 fully saturated rings. The molecule has 0 saturated carbocycles. The standard InChI is InChI=1S/C25H32O4/c1-8-28-24(27)21(16(2)3)20-15-19(25(5,6)7)14-17(4)22(20)29-23(26)18-12-10-9-11-13-18/h9-16,21H,8H2,1-7H3. The molecule has 0 bridgehead atoms. The van der Waals surface area contributed by atoms with E-state index in [2.05, 4.69) is 20.8 Å². The number of aryl methyl sites for hydroxylation is 1. The summed E-state index contributed by atoms with van der Waals surface area (Å²) in [7, 11) is 0. The Bertz CT molecular complexity index is 860. The van der Waals surface area contributed by atoms with E-state index >= 15 is 0 Å². The van der Waals surface area contributed by atoms with Crippen molar-refractivity contribution in [2.75, 3.05) is 6.61 Å². The van der Waals surface area contributed by atoms with Gasteiger partial charge in [-0.3, -0.25) is 4.79 Å². The molecule has 29 heavy (non-hydrogen) atoms. The Balaban J connectivity index is 2.62. The zero-order valence-corrected chi connectivity index (χ0v) is 18.5. The van der Waals surface area contributed by atoms with E-state index in [0.717, 1.165) is 11.1 Å². The highest BCUT2D eigenvalue weighted by atomic mass is 16.5. The maximum Gasteiger partial charge on any atom is 0.343 e. The fourth-order valence-corrected chi connectivity index (χ4v) is 3.32. The van der Waals surface area contributed by atoms with Crippen molar-refractivity contribution >= 4 is 11.9 Å². The molecular weight excluding hydrogens is 364 g/mol. The lowest BCUT2D eigenvalue weighted by Crippen LogP contribution is -2.24. The van der Waals surface area contributed by atoms with E-state index in [-0.39, 0.29) is 17.3 Å². The number of benzene rings is 2. The summed E-state index contributed by atoms with van der Waals surface area (Å²) in [6, 6.07) is 12.9. The highest BCUT2D eigenvalue weighted by Gasteiger charge is 2.32. The summed E-state index contributed by atoms with van der Waals surface area (Å²) in [6.07, 6.45) is 0. The van der Waals surface area contributed by atoms with Gasteiger partial charge in [0, 0.05) is 5.56 Å². The van der Waals surface area contributed by atoms with Gasteiger partial charge in [-0.25, -0.2) is 4.79 Å². The van der Waals surface area contributed by atoms with Gasteiger partial charge in [0.05, 0.1) is 18.1 Å². The van der Waals surface area contributed by atoms with Crippen molar-refractivity contribution in [1.82, 2.24) is 0 Å². The summed E-state index contributed by atoms with van der Waals surface area (Å²) in [5.41, 5.74) is 2.96. The molecule has 0 amide bonds. The largest absolute Gasteiger partial charge is 0.466 e. The number of esters is 2. The maximum absolute atomic E-state index is 12.8. The molecule has 156 valence electrons. The first-order valence-corrected chi connectivity index (χ1v) is 10.1. The van der Waals surface area contributed by atoms with E-state index in [0.29, 0.717) is 23.5 Å². The Labute approximate surface area is 174 Å². The first-order valence-electron chi connectivity index (χ1n) is 10.1. The third-order valence-corrected chi connectivity index (χ3v) is 4.92. The molecule has 4 heteroatoms. The zero-order valence-electron chi connectivity index (χ0n) is 18.5. The Morgan fingerprint density at radius 1 is 1.03 bits per heavy atom. The van der Waals surface area contributed by atoms with Crippen LogP contribution in [0.2, 0.25) is 0 Å². The minimum absolute atomic E-state index is 0.0159. The van der Waals surface area contributed by atoms with E-state index in [4.69, 9.17) is 9.47 Å². The summed E-state index contributed by atoms with van der Waals surface area (Å²) in [4.78, 5) is 25.6. The summed E-state index contributed by atoms with van der Waals surface area (Å²) in [5, 5.41) is 0. The molecule has 0 saturated heterocycles. The minimum atomic E-state index is -0.519. The van der Waals surface area contributed by atoms with Crippen LogP contribution in [0.15, 0.2) is 42.5 Å². The number of hydrogen-bond donors (Lipinski definition) is 0.